The number of nitrogens with zero attached hydrogens (tertiary/aromatic N) is 2. The van der Waals surface area contributed by atoms with Crippen LogP contribution in [0.25, 0.3) is 0 Å². The average molecular weight is 410 g/mol. The standard InChI is InChI=1S/C19H27N3OS3/c1-11(2)10-24-17-21-22-18(26-17)25-12(3)16(23)20-19-7-13-4-14(8-19)6-15(5-13)9-19/h12-15H,1,4-10H2,2-3H3,(H,20,23)/t12-,13?,14?,15?,19?/m1/s1. The highest BCUT2D eigenvalue weighted by atomic mass is 32.2. The van der Waals surface area contributed by atoms with Crippen LogP contribution in [-0.2, 0) is 4.79 Å². The van der Waals surface area contributed by atoms with E-state index in [1.54, 1.807) is 23.1 Å². The molecular formula is C19H27N3OS3. The fourth-order valence-electron chi connectivity index (χ4n) is 5.32. The summed E-state index contributed by atoms with van der Waals surface area (Å²) >= 11 is 4.77. The first kappa shape index (κ1) is 18.8. The van der Waals surface area contributed by atoms with E-state index in [9.17, 15) is 4.79 Å². The van der Waals surface area contributed by atoms with Crippen molar-refractivity contribution < 1.29 is 4.79 Å². The first-order chi connectivity index (χ1) is 12.4. The van der Waals surface area contributed by atoms with Crippen LogP contribution >= 0.6 is 34.9 Å². The van der Waals surface area contributed by atoms with E-state index in [1.807, 2.05) is 13.8 Å². The van der Waals surface area contributed by atoms with Crippen LogP contribution in [0.5, 0.6) is 0 Å². The SMILES string of the molecule is C=C(C)CSc1nnc(S[C@H](C)C(=O)NC23CC4CC(CC(C4)C2)C3)s1. The van der Waals surface area contributed by atoms with Crippen molar-refractivity contribution in [1.29, 1.82) is 0 Å². The number of nitrogens with one attached hydrogen (secondary N) is 1. The second kappa shape index (κ2) is 7.47. The molecule has 0 aliphatic heterocycles. The molecule has 0 aromatic carbocycles. The average Bonchev–Trinajstić information content (AvgIpc) is 2.98. The van der Waals surface area contributed by atoms with Crippen LogP contribution in [0.4, 0.5) is 0 Å². The van der Waals surface area contributed by atoms with Crippen LogP contribution in [0.15, 0.2) is 20.8 Å². The Kier molecular flexibility index (Phi) is 5.41. The maximum absolute atomic E-state index is 12.9. The summed E-state index contributed by atoms with van der Waals surface area (Å²) in [7, 11) is 0. The Balaban J connectivity index is 1.33. The van der Waals surface area contributed by atoms with Gasteiger partial charge in [-0.25, -0.2) is 0 Å². The lowest BCUT2D eigenvalue weighted by molar-refractivity contribution is -0.126. The highest BCUT2D eigenvalue weighted by molar-refractivity contribution is 8.04. The van der Waals surface area contributed by atoms with E-state index in [-0.39, 0.29) is 16.7 Å². The van der Waals surface area contributed by atoms with Gasteiger partial charge >= 0.3 is 0 Å². The normalized spacial score (nSPS) is 33.2. The van der Waals surface area contributed by atoms with Crippen molar-refractivity contribution in [2.75, 3.05) is 5.75 Å². The third-order valence-electron chi connectivity index (χ3n) is 5.90. The van der Waals surface area contributed by atoms with Crippen molar-refractivity contribution >= 4 is 40.8 Å². The Morgan fingerprint density at radius 1 is 1.23 bits per heavy atom. The number of hydrogen-bond donors (Lipinski definition) is 1. The molecule has 7 heteroatoms. The molecule has 4 saturated carbocycles. The van der Waals surface area contributed by atoms with Gasteiger partial charge in [-0.1, -0.05) is 47.0 Å². The Hall–Kier alpha value is -0.530. The molecule has 4 bridgehead atoms. The highest BCUT2D eigenvalue weighted by Crippen LogP contribution is 2.55. The Morgan fingerprint density at radius 3 is 2.38 bits per heavy atom. The zero-order valence-corrected chi connectivity index (χ0v) is 17.9. The molecule has 4 nitrogen and oxygen atoms in total. The Bertz CT molecular complexity index is 667. The van der Waals surface area contributed by atoms with Gasteiger partial charge in [0.05, 0.1) is 5.25 Å². The molecule has 1 aromatic heterocycles. The van der Waals surface area contributed by atoms with E-state index in [2.05, 4.69) is 22.1 Å². The summed E-state index contributed by atoms with van der Waals surface area (Å²) in [5.41, 5.74) is 1.22. The fraction of sp³-hybridized carbons (Fsp3) is 0.737. The lowest BCUT2D eigenvalue weighted by Crippen LogP contribution is -2.60. The van der Waals surface area contributed by atoms with Gasteiger partial charge in [-0.2, -0.15) is 0 Å². The summed E-state index contributed by atoms with van der Waals surface area (Å²) in [6.07, 6.45) is 7.78. The minimum atomic E-state index is -0.130. The summed E-state index contributed by atoms with van der Waals surface area (Å²) < 4.78 is 1.83. The third-order valence-corrected chi connectivity index (χ3v) is 9.37. The van der Waals surface area contributed by atoms with Crippen molar-refractivity contribution in [3.63, 3.8) is 0 Å². The molecule has 1 amide bonds. The number of rotatable bonds is 7. The minimum absolute atomic E-state index is 0.0876. The van der Waals surface area contributed by atoms with Crippen molar-refractivity contribution in [2.24, 2.45) is 17.8 Å². The van der Waals surface area contributed by atoms with Crippen molar-refractivity contribution in [2.45, 2.75) is 71.8 Å². The summed E-state index contributed by atoms with van der Waals surface area (Å²) in [4.78, 5) is 12.9. The summed E-state index contributed by atoms with van der Waals surface area (Å²) in [5.74, 6) is 3.58. The summed E-state index contributed by atoms with van der Waals surface area (Å²) in [6.45, 7) is 7.92. The molecular weight excluding hydrogens is 382 g/mol. The summed E-state index contributed by atoms with van der Waals surface area (Å²) in [5, 5.41) is 11.8. The fourth-order valence-corrected chi connectivity index (χ4v) is 8.33. The van der Waals surface area contributed by atoms with Crippen molar-refractivity contribution in [1.82, 2.24) is 15.5 Å². The number of amides is 1. The smallest absolute Gasteiger partial charge is 0.233 e. The van der Waals surface area contributed by atoms with Crippen molar-refractivity contribution in [3.05, 3.63) is 12.2 Å². The minimum Gasteiger partial charge on any atom is -0.350 e. The first-order valence-electron chi connectivity index (χ1n) is 9.50. The predicted molar refractivity (Wildman–Crippen MR) is 110 cm³/mol. The second-order valence-electron chi connectivity index (χ2n) is 8.53. The number of carbonyl (C=O) groups is 1. The number of carbonyl (C=O) groups excluding carboxylic acids is 1. The zero-order chi connectivity index (χ0) is 18.3. The number of hydrogen-bond acceptors (Lipinski definition) is 6. The van der Waals surface area contributed by atoms with Crippen LogP contribution < -0.4 is 5.32 Å². The van der Waals surface area contributed by atoms with Gasteiger partial charge < -0.3 is 5.32 Å². The van der Waals surface area contributed by atoms with E-state index in [1.165, 1.54) is 50.3 Å². The third kappa shape index (κ3) is 4.14. The van der Waals surface area contributed by atoms with Gasteiger partial charge in [-0.05, 0) is 70.1 Å². The van der Waals surface area contributed by atoms with E-state index >= 15 is 0 Å². The topological polar surface area (TPSA) is 54.9 Å². The van der Waals surface area contributed by atoms with Gasteiger partial charge in [0.15, 0.2) is 8.68 Å². The number of aromatic nitrogens is 2. The largest absolute Gasteiger partial charge is 0.350 e. The van der Waals surface area contributed by atoms with Gasteiger partial charge in [0, 0.05) is 11.3 Å². The molecule has 0 radical (unpaired) electrons. The maximum Gasteiger partial charge on any atom is 0.233 e. The lowest BCUT2D eigenvalue weighted by Gasteiger charge is -2.57. The molecule has 4 aliphatic carbocycles. The second-order valence-corrected chi connectivity index (χ2v) is 12.3. The monoisotopic (exact) mass is 409 g/mol. The van der Waals surface area contributed by atoms with Crippen LogP contribution in [0, 0.1) is 17.8 Å². The molecule has 0 spiro atoms. The van der Waals surface area contributed by atoms with Gasteiger partial charge in [-0.3, -0.25) is 4.79 Å². The van der Waals surface area contributed by atoms with Gasteiger partial charge in [0.2, 0.25) is 5.91 Å². The molecule has 5 rings (SSSR count). The predicted octanol–water partition coefficient (Wildman–Crippen LogP) is 4.77. The van der Waals surface area contributed by atoms with Crippen LogP contribution in [0.1, 0.15) is 52.4 Å². The first-order valence-corrected chi connectivity index (χ1v) is 12.2. The Labute approximate surface area is 168 Å². The Morgan fingerprint density at radius 2 is 1.81 bits per heavy atom. The molecule has 1 aromatic rings. The molecule has 4 aliphatic rings. The summed E-state index contributed by atoms with van der Waals surface area (Å²) in [6, 6.07) is 0. The van der Waals surface area contributed by atoms with Crippen LogP contribution in [0.3, 0.4) is 0 Å². The molecule has 4 fully saturated rings. The van der Waals surface area contributed by atoms with Crippen LogP contribution in [0.2, 0.25) is 0 Å². The van der Waals surface area contributed by atoms with E-state index < -0.39 is 0 Å². The maximum atomic E-state index is 12.9. The van der Waals surface area contributed by atoms with Crippen LogP contribution in [-0.4, -0.2) is 32.6 Å². The van der Waals surface area contributed by atoms with E-state index in [0.29, 0.717) is 0 Å². The molecule has 0 saturated heterocycles. The van der Waals surface area contributed by atoms with Gasteiger partial charge in [0.25, 0.3) is 0 Å². The zero-order valence-electron chi connectivity index (χ0n) is 15.5. The molecule has 0 unspecified atom stereocenters. The molecule has 1 heterocycles. The molecule has 1 N–H and O–H groups in total. The van der Waals surface area contributed by atoms with E-state index in [0.717, 1.165) is 37.8 Å². The van der Waals surface area contributed by atoms with Crippen molar-refractivity contribution in [3.8, 4) is 0 Å². The molecule has 142 valence electrons. The molecule has 26 heavy (non-hydrogen) atoms. The quantitative estimate of drug-likeness (QED) is 0.519. The molecule has 1 atom stereocenters. The lowest BCUT2D eigenvalue weighted by atomic mass is 9.53. The highest BCUT2D eigenvalue weighted by Gasteiger charge is 2.51. The van der Waals surface area contributed by atoms with Gasteiger partial charge in [0.1, 0.15) is 0 Å². The number of thioether (sulfide) groups is 2. The van der Waals surface area contributed by atoms with E-state index in [4.69, 9.17) is 0 Å². The van der Waals surface area contributed by atoms with Gasteiger partial charge in [-0.15, -0.1) is 10.2 Å².